The van der Waals surface area contributed by atoms with Gasteiger partial charge in [0.2, 0.25) is 5.91 Å². The first-order valence-corrected chi connectivity index (χ1v) is 16.2. The molecule has 0 aliphatic rings. The normalized spacial score (nSPS) is 13.6. The highest BCUT2D eigenvalue weighted by atomic mass is 16.5. The van der Waals surface area contributed by atoms with Crippen LogP contribution >= 0.6 is 0 Å². The van der Waals surface area contributed by atoms with Crippen LogP contribution in [0.1, 0.15) is 38.8 Å². The Bertz CT molecular complexity index is 1490. The summed E-state index contributed by atoms with van der Waals surface area (Å²) < 4.78 is 9.43. The van der Waals surface area contributed by atoms with E-state index in [2.05, 4.69) is 26.4 Å². The summed E-state index contributed by atoms with van der Waals surface area (Å²) in [6.45, 7) is 7.22. The zero-order valence-corrected chi connectivity index (χ0v) is 28.9. The van der Waals surface area contributed by atoms with Crippen LogP contribution in [-0.2, 0) is 32.0 Å². The summed E-state index contributed by atoms with van der Waals surface area (Å²) in [6, 6.07) is 20.0. The van der Waals surface area contributed by atoms with Crippen LogP contribution < -0.4 is 21.4 Å². The Hall–Kier alpha value is -5.01. The van der Waals surface area contributed by atoms with Gasteiger partial charge in [0.05, 0.1) is 32.1 Å². The van der Waals surface area contributed by atoms with Gasteiger partial charge >= 0.3 is 12.2 Å². The fourth-order valence-electron chi connectivity index (χ4n) is 5.13. The molecule has 1 heterocycles. The highest BCUT2D eigenvalue weighted by Gasteiger charge is 2.32. The lowest BCUT2D eigenvalue weighted by atomic mass is 9.98. The molecule has 0 spiro atoms. The van der Waals surface area contributed by atoms with Gasteiger partial charge in [-0.05, 0) is 41.5 Å². The van der Waals surface area contributed by atoms with Crippen molar-refractivity contribution in [2.24, 2.45) is 11.8 Å². The lowest BCUT2D eigenvalue weighted by molar-refractivity contribution is -0.131. The van der Waals surface area contributed by atoms with Crippen LogP contribution in [0.2, 0.25) is 0 Å². The van der Waals surface area contributed by atoms with Crippen molar-refractivity contribution in [2.75, 3.05) is 20.8 Å². The third kappa shape index (κ3) is 12.2. The van der Waals surface area contributed by atoms with Gasteiger partial charge in [-0.25, -0.2) is 14.6 Å². The molecule has 0 radical (unpaired) electrons. The van der Waals surface area contributed by atoms with Crippen LogP contribution in [-0.4, -0.2) is 84.1 Å². The van der Waals surface area contributed by atoms with E-state index in [1.165, 1.54) is 14.2 Å². The molecule has 2 aromatic carbocycles. The van der Waals surface area contributed by atoms with Crippen molar-refractivity contribution < 1.29 is 33.8 Å². The molecule has 4 atom stereocenters. The van der Waals surface area contributed by atoms with Gasteiger partial charge in [0.1, 0.15) is 12.1 Å². The van der Waals surface area contributed by atoms with Gasteiger partial charge in [0.25, 0.3) is 5.91 Å². The summed E-state index contributed by atoms with van der Waals surface area (Å²) in [5.41, 5.74) is 6.26. The Labute approximate surface area is 287 Å². The molecule has 0 saturated heterocycles. The number of nitrogens with one attached hydrogen (secondary N) is 4. The van der Waals surface area contributed by atoms with Crippen LogP contribution in [0.5, 0.6) is 0 Å². The van der Waals surface area contributed by atoms with E-state index in [4.69, 9.17) is 9.47 Å². The number of rotatable bonds is 16. The number of carbonyl (C=O) groups is 4. The Kier molecular flexibility index (Phi) is 15.0. The number of aliphatic hydroxyl groups is 1. The lowest BCUT2D eigenvalue weighted by Crippen LogP contribution is -2.59. The van der Waals surface area contributed by atoms with Crippen LogP contribution in [0, 0.1) is 11.8 Å². The van der Waals surface area contributed by atoms with Crippen LogP contribution in [0.3, 0.4) is 0 Å². The number of benzene rings is 2. The number of hydrazine groups is 1. The maximum absolute atomic E-state index is 13.6. The van der Waals surface area contributed by atoms with Gasteiger partial charge in [-0.2, -0.15) is 0 Å². The first-order chi connectivity index (χ1) is 23.4. The number of aliphatic hydroxyl groups excluding tert-OH is 1. The molecule has 0 aliphatic carbocycles. The fourth-order valence-corrected chi connectivity index (χ4v) is 5.13. The molecule has 13 heteroatoms. The van der Waals surface area contributed by atoms with Gasteiger partial charge in [0, 0.05) is 24.8 Å². The second kappa shape index (κ2) is 19.1. The van der Waals surface area contributed by atoms with Crippen molar-refractivity contribution >= 4 is 24.0 Å². The Morgan fingerprint density at radius 3 is 1.84 bits per heavy atom. The molecule has 0 aliphatic heterocycles. The minimum absolute atomic E-state index is 0.106. The van der Waals surface area contributed by atoms with Crippen molar-refractivity contribution in [3.8, 4) is 11.3 Å². The number of methoxy groups -OCH3 is 2. The van der Waals surface area contributed by atoms with E-state index >= 15 is 0 Å². The Balaban J connectivity index is 1.91. The molecule has 1 aromatic heterocycles. The van der Waals surface area contributed by atoms with Crippen molar-refractivity contribution in [1.29, 1.82) is 0 Å². The molecule has 5 N–H and O–H groups in total. The molecule has 0 fully saturated rings. The molecular weight excluding hydrogens is 628 g/mol. The topological polar surface area (TPSA) is 171 Å². The average Bonchev–Trinajstić information content (AvgIpc) is 3.09. The summed E-state index contributed by atoms with van der Waals surface area (Å²) in [5.74, 6) is -1.58. The number of nitrogens with zero attached hydrogens (tertiary/aromatic N) is 2. The number of pyridine rings is 1. The second-order valence-electron chi connectivity index (χ2n) is 12.4. The SMILES string of the molecule is COC(=O)N[C@@H](C(=O)N[C@H](Cc1ccccc1)[C@@H](O)CN(Cc1ccc(-c2ccccn2)cc1)NC(=O)[C@H](NC(=O)OC)C(C)C)C(C)C. The predicted octanol–water partition coefficient (Wildman–Crippen LogP) is 3.43. The first kappa shape index (κ1) is 38.4. The van der Waals surface area contributed by atoms with Gasteiger partial charge in [-0.3, -0.25) is 20.0 Å². The zero-order valence-electron chi connectivity index (χ0n) is 28.9. The summed E-state index contributed by atoms with van der Waals surface area (Å²) in [5, 5.41) is 21.3. The summed E-state index contributed by atoms with van der Waals surface area (Å²) in [6.07, 6.45) is -0.729. The van der Waals surface area contributed by atoms with Gasteiger partial charge in [-0.1, -0.05) is 88.4 Å². The first-order valence-electron chi connectivity index (χ1n) is 16.2. The maximum Gasteiger partial charge on any atom is 0.407 e. The predicted molar refractivity (Wildman–Crippen MR) is 185 cm³/mol. The third-order valence-electron chi connectivity index (χ3n) is 7.87. The van der Waals surface area contributed by atoms with Gasteiger partial charge in [-0.15, -0.1) is 0 Å². The number of aromatic nitrogens is 1. The van der Waals surface area contributed by atoms with E-state index in [0.29, 0.717) is 0 Å². The van der Waals surface area contributed by atoms with E-state index in [0.717, 1.165) is 22.4 Å². The molecule has 0 unspecified atom stereocenters. The standard InChI is InChI=1S/C36H48N6O7/c1-23(2)31(39-35(46)48-5)33(44)38-29(20-25-12-8-7-9-13-25)30(43)22-42(41-34(45)32(24(3)4)40-36(47)49-6)21-26-15-17-27(18-16-26)28-14-10-11-19-37-28/h7-19,23-24,29-32,43H,20-22H2,1-6H3,(H,38,44)(H,39,46)(H,40,47)(H,41,45)/t29-,30+,31-,32-/m1/s1. The Morgan fingerprint density at radius 2 is 1.31 bits per heavy atom. The quantitative estimate of drug-likeness (QED) is 0.143. The number of carbonyl (C=O) groups excluding carboxylic acids is 4. The highest BCUT2D eigenvalue weighted by Crippen LogP contribution is 2.18. The van der Waals surface area contributed by atoms with Gasteiger partial charge < -0.3 is 30.5 Å². The third-order valence-corrected chi connectivity index (χ3v) is 7.87. The second-order valence-corrected chi connectivity index (χ2v) is 12.4. The number of hydrogen-bond donors (Lipinski definition) is 5. The molecule has 4 amide bonds. The molecule has 3 aromatic rings. The van der Waals surface area contributed by atoms with Crippen molar-refractivity contribution in [2.45, 2.75) is 64.9 Å². The number of amides is 4. The molecule has 0 saturated carbocycles. The minimum atomic E-state index is -1.20. The van der Waals surface area contributed by atoms with E-state index < -0.39 is 48.2 Å². The van der Waals surface area contributed by atoms with Crippen LogP contribution in [0.15, 0.2) is 79.0 Å². The zero-order chi connectivity index (χ0) is 35.9. The largest absolute Gasteiger partial charge is 0.453 e. The molecular formula is C36H48N6O7. The molecule has 3 rings (SSSR count). The van der Waals surface area contributed by atoms with Gasteiger partial charge in [0.15, 0.2) is 0 Å². The summed E-state index contributed by atoms with van der Waals surface area (Å²) >= 11 is 0. The average molecular weight is 677 g/mol. The fraction of sp³-hybridized carbons (Fsp3) is 0.417. The van der Waals surface area contributed by atoms with Crippen LogP contribution in [0.4, 0.5) is 9.59 Å². The van der Waals surface area contributed by atoms with E-state index in [-0.39, 0.29) is 31.3 Å². The molecule has 264 valence electrons. The number of ether oxygens (including phenoxy) is 2. The van der Waals surface area contributed by atoms with Crippen molar-refractivity contribution in [3.05, 3.63) is 90.1 Å². The summed E-state index contributed by atoms with van der Waals surface area (Å²) in [7, 11) is 2.43. The lowest BCUT2D eigenvalue weighted by Gasteiger charge is -2.33. The van der Waals surface area contributed by atoms with E-state index in [1.54, 1.807) is 38.9 Å². The molecule has 13 nitrogen and oxygen atoms in total. The van der Waals surface area contributed by atoms with Crippen LogP contribution in [0.25, 0.3) is 11.3 Å². The highest BCUT2D eigenvalue weighted by molar-refractivity contribution is 5.86. The molecule has 0 bridgehead atoms. The number of alkyl carbamates (subject to hydrolysis) is 2. The number of hydrogen-bond acceptors (Lipinski definition) is 9. The van der Waals surface area contributed by atoms with Crippen molar-refractivity contribution in [1.82, 2.24) is 31.4 Å². The van der Waals surface area contributed by atoms with E-state index in [9.17, 15) is 24.3 Å². The monoisotopic (exact) mass is 676 g/mol. The smallest absolute Gasteiger partial charge is 0.407 e. The maximum atomic E-state index is 13.6. The Morgan fingerprint density at radius 1 is 0.735 bits per heavy atom. The summed E-state index contributed by atoms with van der Waals surface area (Å²) in [4.78, 5) is 55.5. The van der Waals surface area contributed by atoms with E-state index in [1.807, 2.05) is 72.8 Å². The van der Waals surface area contributed by atoms with Crippen molar-refractivity contribution in [3.63, 3.8) is 0 Å². The minimum Gasteiger partial charge on any atom is -0.453 e. The molecule has 49 heavy (non-hydrogen) atoms.